The molecule has 0 unspecified atom stereocenters. The fourth-order valence-corrected chi connectivity index (χ4v) is 3.01. The molecule has 0 aromatic heterocycles. The average molecular weight is 356 g/mol. The predicted octanol–water partition coefficient (Wildman–Crippen LogP) is 3.08. The standard InChI is InChI=1S/C14H18BrN3O3/c1-2-14(5-7-16-8-6-14)13(19)17-11-4-3-10(15)9-12(11)18(20)21/h3-4,9,16H,2,5-8H2,1H3,(H,17,19). The molecule has 1 heterocycles. The minimum Gasteiger partial charge on any atom is -0.320 e. The number of anilines is 1. The van der Waals surface area contributed by atoms with Crippen LogP contribution in [0.25, 0.3) is 0 Å². The number of hydrogen-bond donors (Lipinski definition) is 2. The lowest BCUT2D eigenvalue weighted by Crippen LogP contribution is -2.44. The van der Waals surface area contributed by atoms with Crippen LogP contribution in [0.5, 0.6) is 0 Å². The molecule has 1 aromatic carbocycles. The van der Waals surface area contributed by atoms with Gasteiger partial charge in [-0.2, -0.15) is 0 Å². The number of rotatable bonds is 4. The van der Waals surface area contributed by atoms with Crippen molar-refractivity contribution in [2.24, 2.45) is 5.41 Å². The van der Waals surface area contributed by atoms with Gasteiger partial charge >= 0.3 is 0 Å². The fourth-order valence-electron chi connectivity index (χ4n) is 2.66. The first kappa shape index (κ1) is 15.9. The highest BCUT2D eigenvalue weighted by Crippen LogP contribution is 2.35. The molecule has 6 nitrogen and oxygen atoms in total. The van der Waals surface area contributed by atoms with Gasteiger partial charge in [0, 0.05) is 10.5 Å². The van der Waals surface area contributed by atoms with E-state index >= 15 is 0 Å². The highest BCUT2D eigenvalue weighted by Gasteiger charge is 2.38. The van der Waals surface area contributed by atoms with E-state index in [2.05, 4.69) is 26.6 Å². The van der Waals surface area contributed by atoms with Crippen molar-refractivity contribution < 1.29 is 9.72 Å². The Morgan fingerprint density at radius 2 is 2.14 bits per heavy atom. The van der Waals surface area contributed by atoms with E-state index in [1.165, 1.54) is 6.07 Å². The Kier molecular flexibility index (Phi) is 4.95. The molecule has 0 saturated carbocycles. The average Bonchev–Trinajstić information content (AvgIpc) is 2.49. The van der Waals surface area contributed by atoms with Gasteiger partial charge in [0.2, 0.25) is 5.91 Å². The summed E-state index contributed by atoms with van der Waals surface area (Å²) in [6.07, 6.45) is 2.23. The van der Waals surface area contributed by atoms with Crippen LogP contribution in [0.15, 0.2) is 22.7 Å². The predicted molar refractivity (Wildman–Crippen MR) is 84.3 cm³/mol. The monoisotopic (exact) mass is 355 g/mol. The Morgan fingerprint density at radius 3 is 2.71 bits per heavy atom. The molecule has 114 valence electrons. The van der Waals surface area contributed by atoms with Gasteiger partial charge in [-0.15, -0.1) is 0 Å². The maximum atomic E-state index is 12.6. The first-order chi connectivity index (χ1) is 9.98. The number of nitrogens with one attached hydrogen (secondary N) is 2. The summed E-state index contributed by atoms with van der Waals surface area (Å²) in [6, 6.07) is 4.64. The topological polar surface area (TPSA) is 84.3 Å². The lowest BCUT2D eigenvalue weighted by atomic mass is 9.76. The molecule has 0 aliphatic carbocycles. The van der Waals surface area contributed by atoms with Crippen molar-refractivity contribution in [2.75, 3.05) is 18.4 Å². The summed E-state index contributed by atoms with van der Waals surface area (Å²) < 4.78 is 0.610. The zero-order valence-electron chi connectivity index (χ0n) is 11.8. The zero-order chi connectivity index (χ0) is 15.5. The number of halogens is 1. The van der Waals surface area contributed by atoms with Crippen molar-refractivity contribution in [1.82, 2.24) is 5.32 Å². The Bertz CT molecular complexity index is 556. The van der Waals surface area contributed by atoms with E-state index in [1.54, 1.807) is 12.1 Å². The quantitative estimate of drug-likeness (QED) is 0.641. The third-order valence-electron chi connectivity index (χ3n) is 4.12. The molecule has 1 fully saturated rings. The molecule has 0 atom stereocenters. The maximum absolute atomic E-state index is 12.6. The van der Waals surface area contributed by atoms with Crippen LogP contribution in [-0.2, 0) is 4.79 Å². The fraction of sp³-hybridized carbons (Fsp3) is 0.500. The van der Waals surface area contributed by atoms with Crippen molar-refractivity contribution in [1.29, 1.82) is 0 Å². The normalized spacial score (nSPS) is 17.2. The van der Waals surface area contributed by atoms with E-state index in [1.807, 2.05) is 6.92 Å². The molecule has 21 heavy (non-hydrogen) atoms. The number of piperidine rings is 1. The number of nitro groups is 1. The van der Waals surface area contributed by atoms with Gasteiger partial charge in [0.25, 0.3) is 5.69 Å². The lowest BCUT2D eigenvalue weighted by molar-refractivity contribution is -0.384. The summed E-state index contributed by atoms with van der Waals surface area (Å²) in [5, 5.41) is 17.1. The Labute approximate surface area is 131 Å². The van der Waals surface area contributed by atoms with Gasteiger partial charge in [-0.1, -0.05) is 22.9 Å². The number of benzene rings is 1. The molecule has 0 bridgehead atoms. The van der Waals surface area contributed by atoms with Crippen molar-refractivity contribution in [3.05, 3.63) is 32.8 Å². The summed E-state index contributed by atoms with van der Waals surface area (Å²) >= 11 is 3.21. The van der Waals surface area contributed by atoms with Crippen molar-refractivity contribution in [2.45, 2.75) is 26.2 Å². The van der Waals surface area contributed by atoms with E-state index in [9.17, 15) is 14.9 Å². The van der Waals surface area contributed by atoms with Gasteiger partial charge in [0.05, 0.1) is 10.3 Å². The smallest absolute Gasteiger partial charge is 0.293 e. The summed E-state index contributed by atoms with van der Waals surface area (Å²) in [5.74, 6) is -0.128. The Hall–Kier alpha value is -1.47. The van der Waals surface area contributed by atoms with Gasteiger partial charge in [-0.05, 0) is 44.5 Å². The van der Waals surface area contributed by atoms with Crippen molar-refractivity contribution >= 4 is 33.2 Å². The van der Waals surface area contributed by atoms with E-state index in [0.717, 1.165) is 32.4 Å². The summed E-state index contributed by atoms with van der Waals surface area (Å²) in [6.45, 7) is 3.58. The number of nitrogens with zero attached hydrogens (tertiary/aromatic N) is 1. The van der Waals surface area contributed by atoms with Gasteiger partial charge in [0.15, 0.2) is 0 Å². The van der Waals surface area contributed by atoms with Gasteiger partial charge < -0.3 is 10.6 Å². The van der Waals surface area contributed by atoms with Crippen LogP contribution in [0.2, 0.25) is 0 Å². The molecular formula is C14H18BrN3O3. The summed E-state index contributed by atoms with van der Waals surface area (Å²) in [5.41, 5.74) is -0.288. The van der Waals surface area contributed by atoms with E-state index in [-0.39, 0.29) is 17.3 Å². The number of amides is 1. The second kappa shape index (κ2) is 6.53. The second-order valence-electron chi connectivity index (χ2n) is 5.26. The zero-order valence-corrected chi connectivity index (χ0v) is 13.4. The summed E-state index contributed by atoms with van der Waals surface area (Å²) in [7, 11) is 0. The SMILES string of the molecule is CCC1(C(=O)Nc2ccc(Br)cc2[N+](=O)[O-])CCNCC1. The van der Waals surface area contributed by atoms with E-state index in [0.29, 0.717) is 4.47 Å². The molecule has 1 aliphatic heterocycles. The first-order valence-corrected chi connectivity index (χ1v) is 7.74. The van der Waals surface area contributed by atoms with Crippen LogP contribution in [-0.4, -0.2) is 23.9 Å². The van der Waals surface area contributed by atoms with E-state index < -0.39 is 10.3 Å². The largest absolute Gasteiger partial charge is 0.320 e. The number of hydrogen-bond acceptors (Lipinski definition) is 4. The molecule has 1 saturated heterocycles. The molecule has 0 radical (unpaired) electrons. The summed E-state index contributed by atoms with van der Waals surface area (Å²) in [4.78, 5) is 23.2. The van der Waals surface area contributed by atoms with Gasteiger partial charge in [-0.25, -0.2) is 0 Å². The highest BCUT2D eigenvalue weighted by atomic mass is 79.9. The molecule has 1 aliphatic rings. The van der Waals surface area contributed by atoms with Crippen molar-refractivity contribution in [3.8, 4) is 0 Å². The Balaban J connectivity index is 2.24. The third kappa shape index (κ3) is 3.41. The Morgan fingerprint density at radius 1 is 1.48 bits per heavy atom. The van der Waals surface area contributed by atoms with Crippen LogP contribution in [0.4, 0.5) is 11.4 Å². The van der Waals surface area contributed by atoms with Gasteiger partial charge in [0.1, 0.15) is 5.69 Å². The molecule has 7 heteroatoms. The molecule has 2 N–H and O–H groups in total. The van der Waals surface area contributed by atoms with E-state index in [4.69, 9.17) is 0 Å². The van der Waals surface area contributed by atoms with Crippen LogP contribution < -0.4 is 10.6 Å². The minimum absolute atomic E-state index is 0.0992. The molecular weight excluding hydrogens is 338 g/mol. The van der Waals surface area contributed by atoms with Crippen molar-refractivity contribution in [3.63, 3.8) is 0 Å². The van der Waals surface area contributed by atoms with Crippen LogP contribution in [0.3, 0.4) is 0 Å². The lowest BCUT2D eigenvalue weighted by Gasteiger charge is -2.35. The number of nitro benzene ring substituents is 1. The number of carbonyl (C=O) groups excluding carboxylic acids is 1. The number of carbonyl (C=O) groups is 1. The first-order valence-electron chi connectivity index (χ1n) is 6.94. The van der Waals surface area contributed by atoms with Crippen LogP contribution in [0.1, 0.15) is 26.2 Å². The second-order valence-corrected chi connectivity index (χ2v) is 6.17. The highest BCUT2D eigenvalue weighted by molar-refractivity contribution is 9.10. The minimum atomic E-state index is -0.485. The van der Waals surface area contributed by atoms with Crippen LogP contribution >= 0.6 is 15.9 Å². The maximum Gasteiger partial charge on any atom is 0.293 e. The molecule has 2 rings (SSSR count). The molecule has 1 aromatic rings. The molecule has 0 spiro atoms. The van der Waals surface area contributed by atoms with Gasteiger partial charge in [-0.3, -0.25) is 14.9 Å². The van der Waals surface area contributed by atoms with Crippen LogP contribution in [0, 0.1) is 15.5 Å². The molecule has 1 amide bonds. The third-order valence-corrected chi connectivity index (χ3v) is 4.62.